The van der Waals surface area contributed by atoms with Crippen LogP contribution in [0.25, 0.3) is 10.9 Å². The Balaban J connectivity index is 1.90. The summed E-state index contributed by atoms with van der Waals surface area (Å²) in [5.74, 6) is 0.0725. The Hall–Kier alpha value is -3.28. The van der Waals surface area contributed by atoms with E-state index in [9.17, 15) is 9.90 Å². The van der Waals surface area contributed by atoms with Crippen molar-refractivity contribution in [2.24, 2.45) is 0 Å². The zero-order valence-electron chi connectivity index (χ0n) is 14.5. The molecular formula is C20H19NO5. The minimum absolute atomic E-state index is 0.205. The van der Waals surface area contributed by atoms with Gasteiger partial charge in [0.25, 0.3) is 0 Å². The highest BCUT2D eigenvalue weighted by molar-refractivity contribution is 5.98. The molecule has 2 aromatic carbocycles. The molecule has 0 aliphatic heterocycles. The molecule has 0 aliphatic rings. The third-order valence-corrected chi connectivity index (χ3v) is 4.30. The molecule has 0 spiro atoms. The number of methoxy groups -OCH3 is 2. The Morgan fingerprint density at radius 2 is 1.88 bits per heavy atom. The molecular weight excluding hydrogens is 334 g/mol. The van der Waals surface area contributed by atoms with Crippen LogP contribution in [0.4, 0.5) is 0 Å². The summed E-state index contributed by atoms with van der Waals surface area (Å²) in [4.78, 5) is 15.3. The lowest BCUT2D eigenvalue weighted by molar-refractivity contribution is 0.0693. The van der Waals surface area contributed by atoms with Gasteiger partial charge in [0, 0.05) is 11.6 Å². The van der Waals surface area contributed by atoms with Crippen molar-refractivity contribution in [1.82, 2.24) is 4.98 Å². The summed E-state index contributed by atoms with van der Waals surface area (Å²) >= 11 is 0. The van der Waals surface area contributed by atoms with Crippen molar-refractivity contribution >= 4 is 16.9 Å². The van der Waals surface area contributed by atoms with E-state index in [1.165, 1.54) is 6.20 Å². The fourth-order valence-corrected chi connectivity index (χ4v) is 2.89. The Kier molecular flexibility index (Phi) is 4.93. The van der Waals surface area contributed by atoms with Gasteiger partial charge in [-0.3, -0.25) is 4.98 Å². The number of carboxylic acid groups (broad SMARTS) is 1. The van der Waals surface area contributed by atoms with E-state index in [2.05, 4.69) is 4.98 Å². The fourth-order valence-electron chi connectivity index (χ4n) is 2.89. The summed E-state index contributed by atoms with van der Waals surface area (Å²) in [5, 5.41) is 19.8. The Morgan fingerprint density at radius 3 is 2.58 bits per heavy atom. The van der Waals surface area contributed by atoms with Crippen LogP contribution >= 0.6 is 0 Å². The van der Waals surface area contributed by atoms with Gasteiger partial charge in [-0.2, -0.15) is 0 Å². The van der Waals surface area contributed by atoms with Crippen LogP contribution in [0.2, 0.25) is 0 Å². The number of aromatic carboxylic acids is 1. The monoisotopic (exact) mass is 353 g/mol. The lowest BCUT2D eigenvalue weighted by Crippen LogP contribution is -1.99. The Morgan fingerprint density at radius 1 is 1.08 bits per heavy atom. The number of carbonyl (C=O) groups is 1. The van der Waals surface area contributed by atoms with Crippen LogP contribution in [0.3, 0.4) is 0 Å². The smallest absolute Gasteiger partial charge is 0.341 e. The maximum atomic E-state index is 11.2. The molecule has 0 atom stereocenters. The van der Waals surface area contributed by atoms with Crippen LogP contribution in [0.5, 0.6) is 17.2 Å². The van der Waals surface area contributed by atoms with E-state index in [0.717, 1.165) is 22.6 Å². The highest BCUT2D eigenvalue weighted by Gasteiger charge is 2.14. The topological polar surface area (TPSA) is 88.9 Å². The molecule has 26 heavy (non-hydrogen) atoms. The van der Waals surface area contributed by atoms with Crippen LogP contribution in [0, 0.1) is 0 Å². The van der Waals surface area contributed by atoms with Crippen molar-refractivity contribution < 1.29 is 24.5 Å². The standard InChI is InChI=1S/C20H19NO5/c1-25-14-6-8-18(26-2)13(10-14)5-3-12-4-7-17-15(9-12)19(22)16(11-21-17)20(23)24/h4,6-11H,3,5H2,1-2H3,(H,21,22)(H,23,24). The average Bonchev–Trinajstić information content (AvgIpc) is 2.66. The number of fused-ring (bicyclic) bond motifs is 1. The highest BCUT2D eigenvalue weighted by atomic mass is 16.5. The zero-order valence-corrected chi connectivity index (χ0v) is 14.5. The number of aromatic nitrogens is 1. The van der Waals surface area contributed by atoms with Crippen LogP contribution in [0.15, 0.2) is 42.6 Å². The second kappa shape index (κ2) is 7.31. The molecule has 0 radical (unpaired) electrons. The number of aryl methyl sites for hydroxylation is 2. The number of benzene rings is 2. The van der Waals surface area contributed by atoms with Crippen LogP contribution in [-0.2, 0) is 12.8 Å². The molecule has 0 fully saturated rings. The number of hydrogen-bond acceptors (Lipinski definition) is 5. The first-order chi connectivity index (χ1) is 12.5. The second-order valence-corrected chi connectivity index (χ2v) is 5.85. The minimum atomic E-state index is -1.21. The van der Waals surface area contributed by atoms with Gasteiger partial charge in [-0.25, -0.2) is 4.79 Å². The van der Waals surface area contributed by atoms with Gasteiger partial charge in [0.15, 0.2) is 0 Å². The van der Waals surface area contributed by atoms with Crippen molar-refractivity contribution in [2.45, 2.75) is 12.8 Å². The summed E-state index contributed by atoms with van der Waals surface area (Å²) < 4.78 is 10.7. The number of aromatic hydroxyl groups is 1. The molecule has 2 N–H and O–H groups in total. The lowest BCUT2D eigenvalue weighted by atomic mass is 10.0. The highest BCUT2D eigenvalue weighted by Crippen LogP contribution is 2.29. The third kappa shape index (κ3) is 3.39. The fraction of sp³-hybridized carbons (Fsp3) is 0.200. The van der Waals surface area contributed by atoms with Crippen LogP contribution in [-0.4, -0.2) is 35.4 Å². The molecule has 6 nitrogen and oxygen atoms in total. The largest absolute Gasteiger partial charge is 0.506 e. The van der Waals surface area contributed by atoms with Gasteiger partial charge < -0.3 is 19.7 Å². The number of hydrogen-bond donors (Lipinski definition) is 2. The predicted molar refractivity (Wildman–Crippen MR) is 97.3 cm³/mol. The van der Waals surface area contributed by atoms with E-state index in [1.54, 1.807) is 26.4 Å². The van der Waals surface area contributed by atoms with Gasteiger partial charge in [-0.05, 0) is 54.3 Å². The van der Waals surface area contributed by atoms with Crippen LogP contribution < -0.4 is 9.47 Å². The Bertz CT molecular complexity index is 968. The quantitative estimate of drug-likeness (QED) is 0.706. The van der Waals surface area contributed by atoms with Gasteiger partial charge in [0.05, 0.1) is 19.7 Å². The third-order valence-electron chi connectivity index (χ3n) is 4.30. The van der Waals surface area contributed by atoms with E-state index in [-0.39, 0.29) is 11.3 Å². The first-order valence-electron chi connectivity index (χ1n) is 8.08. The molecule has 134 valence electrons. The lowest BCUT2D eigenvalue weighted by Gasteiger charge is -2.11. The van der Waals surface area contributed by atoms with E-state index in [4.69, 9.17) is 14.6 Å². The maximum absolute atomic E-state index is 11.2. The average molecular weight is 353 g/mol. The molecule has 0 unspecified atom stereocenters. The van der Waals surface area contributed by atoms with Crippen molar-refractivity contribution in [3.63, 3.8) is 0 Å². The number of rotatable bonds is 6. The van der Waals surface area contributed by atoms with Crippen molar-refractivity contribution in [1.29, 1.82) is 0 Å². The van der Waals surface area contributed by atoms with Gasteiger partial charge >= 0.3 is 5.97 Å². The molecule has 0 amide bonds. The van der Waals surface area contributed by atoms with Crippen molar-refractivity contribution in [3.8, 4) is 17.2 Å². The van der Waals surface area contributed by atoms with Crippen LogP contribution in [0.1, 0.15) is 21.5 Å². The van der Waals surface area contributed by atoms with Crippen molar-refractivity contribution in [2.75, 3.05) is 14.2 Å². The molecule has 3 aromatic rings. The molecule has 0 aliphatic carbocycles. The number of ether oxygens (including phenoxy) is 2. The van der Waals surface area contributed by atoms with Gasteiger partial charge in [-0.1, -0.05) is 6.07 Å². The normalized spacial score (nSPS) is 10.7. The summed E-state index contributed by atoms with van der Waals surface area (Å²) in [5.41, 5.74) is 2.31. The number of nitrogens with zero attached hydrogens (tertiary/aromatic N) is 1. The van der Waals surface area contributed by atoms with E-state index in [1.807, 2.05) is 24.3 Å². The first-order valence-corrected chi connectivity index (χ1v) is 8.08. The molecule has 0 saturated carbocycles. The summed E-state index contributed by atoms with van der Waals surface area (Å²) in [7, 11) is 3.24. The summed E-state index contributed by atoms with van der Waals surface area (Å²) in [6.45, 7) is 0. The maximum Gasteiger partial charge on any atom is 0.341 e. The SMILES string of the molecule is COc1ccc(OC)c(CCc2ccc3ncc(C(=O)O)c(O)c3c2)c1. The molecule has 0 saturated heterocycles. The number of carboxylic acids is 1. The number of pyridine rings is 1. The molecule has 1 aromatic heterocycles. The van der Waals surface area contributed by atoms with Gasteiger partial charge in [0.1, 0.15) is 22.8 Å². The molecule has 3 rings (SSSR count). The van der Waals surface area contributed by atoms with Crippen molar-refractivity contribution in [3.05, 3.63) is 59.3 Å². The van der Waals surface area contributed by atoms with E-state index in [0.29, 0.717) is 23.7 Å². The van der Waals surface area contributed by atoms with Gasteiger partial charge in [-0.15, -0.1) is 0 Å². The Labute approximate surface area is 150 Å². The minimum Gasteiger partial charge on any atom is -0.506 e. The summed E-state index contributed by atoms with van der Waals surface area (Å²) in [6, 6.07) is 11.1. The molecule has 0 bridgehead atoms. The first kappa shape index (κ1) is 17.5. The zero-order chi connectivity index (χ0) is 18.7. The summed E-state index contributed by atoms with van der Waals surface area (Å²) in [6.07, 6.45) is 2.57. The second-order valence-electron chi connectivity index (χ2n) is 5.85. The van der Waals surface area contributed by atoms with E-state index < -0.39 is 5.97 Å². The molecule has 1 heterocycles. The predicted octanol–water partition coefficient (Wildman–Crippen LogP) is 3.44. The molecule has 6 heteroatoms. The van der Waals surface area contributed by atoms with E-state index >= 15 is 0 Å². The van der Waals surface area contributed by atoms with Gasteiger partial charge in [0.2, 0.25) is 0 Å².